The zero-order valence-electron chi connectivity index (χ0n) is 7.57. The lowest BCUT2D eigenvalue weighted by molar-refractivity contribution is 0.254. The van der Waals surface area contributed by atoms with Crippen molar-refractivity contribution in [1.82, 2.24) is 5.32 Å². The first kappa shape index (κ1) is 8.06. The van der Waals surface area contributed by atoms with Gasteiger partial charge in [0.15, 0.2) is 0 Å². The van der Waals surface area contributed by atoms with Crippen LogP contribution in [0.15, 0.2) is 0 Å². The Balaban J connectivity index is 2.46. The molecule has 10 heavy (non-hydrogen) atoms. The Morgan fingerprint density at radius 1 is 1.30 bits per heavy atom. The van der Waals surface area contributed by atoms with Crippen LogP contribution in [0.5, 0.6) is 0 Å². The Morgan fingerprint density at radius 3 is 1.90 bits per heavy atom. The molecule has 1 aliphatic carbocycles. The van der Waals surface area contributed by atoms with E-state index in [9.17, 15) is 0 Å². The van der Waals surface area contributed by atoms with Crippen LogP contribution in [0, 0.1) is 11.3 Å². The highest BCUT2D eigenvalue weighted by Crippen LogP contribution is 2.39. The molecule has 0 saturated heterocycles. The second-order valence-corrected chi connectivity index (χ2v) is 4.47. The number of hydrogen-bond donors (Lipinski definition) is 1. The molecule has 0 spiro atoms. The summed E-state index contributed by atoms with van der Waals surface area (Å²) in [6, 6.07) is 0.729. The van der Waals surface area contributed by atoms with Gasteiger partial charge in [0.1, 0.15) is 0 Å². The molecule has 1 aliphatic rings. The fourth-order valence-corrected chi connectivity index (χ4v) is 1.81. The smallest absolute Gasteiger partial charge is 0.0141 e. The molecule has 1 heteroatoms. The number of hydrogen-bond acceptors (Lipinski definition) is 1. The second kappa shape index (κ2) is 2.54. The lowest BCUT2D eigenvalue weighted by atomic mass is 9.84. The van der Waals surface area contributed by atoms with Gasteiger partial charge in [0, 0.05) is 6.04 Å². The maximum atomic E-state index is 3.40. The third-order valence-electron chi connectivity index (χ3n) is 2.34. The second-order valence-electron chi connectivity index (χ2n) is 4.47. The third-order valence-corrected chi connectivity index (χ3v) is 2.34. The summed E-state index contributed by atoms with van der Waals surface area (Å²) in [4.78, 5) is 0. The van der Waals surface area contributed by atoms with Crippen LogP contribution in [0.3, 0.4) is 0 Å². The van der Waals surface area contributed by atoms with Crippen LogP contribution in [0.4, 0.5) is 0 Å². The standard InChI is InChI=1S/C9H19N/c1-9(2,3)8(10-4)7-5-6-7/h7-8,10H,5-6H2,1-4H3. The summed E-state index contributed by atoms with van der Waals surface area (Å²) < 4.78 is 0. The molecule has 1 fully saturated rings. The Bertz CT molecular complexity index is 108. The highest BCUT2D eigenvalue weighted by molar-refractivity contribution is 4.92. The van der Waals surface area contributed by atoms with Crippen molar-refractivity contribution in [3.05, 3.63) is 0 Å². The molecule has 0 aliphatic heterocycles. The van der Waals surface area contributed by atoms with Crippen molar-refractivity contribution in [2.24, 2.45) is 11.3 Å². The monoisotopic (exact) mass is 141 g/mol. The van der Waals surface area contributed by atoms with E-state index < -0.39 is 0 Å². The van der Waals surface area contributed by atoms with E-state index >= 15 is 0 Å². The van der Waals surface area contributed by atoms with Crippen molar-refractivity contribution < 1.29 is 0 Å². The summed E-state index contributed by atoms with van der Waals surface area (Å²) in [6.07, 6.45) is 2.87. The van der Waals surface area contributed by atoms with Gasteiger partial charge in [0.25, 0.3) is 0 Å². The summed E-state index contributed by atoms with van der Waals surface area (Å²) in [5.74, 6) is 0.963. The molecule has 0 amide bonds. The highest BCUT2D eigenvalue weighted by atomic mass is 14.9. The van der Waals surface area contributed by atoms with Gasteiger partial charge in [-0.25, -0.2) is 0 Å². The predicted octanol–water partition coefficient (Wildman–Crippen LogP) is 2.03. The zero-order valence-corrected chi connectivity index (χ0v) is 7.57. The van der Waals surface area contributed by atoms with E-state index in [0.29, 0.717) is 5.41 Å². The van der Waals surface area contributed by atoms with Gasteiger partial charge >= 0.3 is 0 Å². The van der Waals surface area contributed by atoms with E-state index in [1.165, 1.54) is 12.8 Å². The van der Waals surface area contributed by atoms with Crippen molar-refractivity contribution >= 4 is 0 Å². The minimum Gasteiger partial charge on any atom is -0.316 e. The quantitative estimate of drug-likeness (QED) is 0.620. The van der Waals surface area contributed by atoms with Crippen LogP contribution in [-0.4, -0.2) is 13.1 Å². The third kappa shape index (κ3) is 1.72. The van der Waals surface area contributed by atoms with E-state index in [4.69, 9.17) is 0 Å². The van der Waals surface area contributed by atoms with E-state index in [1.807, 2.05) is 0 Å². The maximum absolute atomic E-state index is 3.40. The molecule has 0 aromatic carbocycles. The van der Waals surface area contributed by atoms with Gasteiger partial charge in [-0.3, -0.25) is 0 Å². The van der Waals surface area contributed by atoms with Gasteiger partial charge in [0.2, 0.25) is 0 Å². The molecule has 0 radical (unpaired) electrons. The Morgan fingerprint density at radius 2 is 1.80 bits per heavy atom. The first-order chi connectivity index (χ1) is 4.55. The molecule has 0 aromatic rings. The van der Waals surface area contributed by atoms with Crippen molar-refractivity contribution in [3.63, 3.8) is 0 Å². The lowest BCUT2D eigenvalue weighted by Gasteiger charge is -2.30. The topological polar surface area (TPSA) is 12.0 Å². The summed E-state index contributed by atoms with van der Waals surface area (Å²) in [5.41, 5.74) is 0.440. The van der Waals surface area contributed by atoms with Crippen molar-refractivity contribution in [1.29, 1.82) is 0 Å². The first-order valence-corrected chi connectivity index (χ1v) is 4.23. The normalized spacial score (nSPS) is 22.8. The van der Waals surface area contributed by atoms with E-state index in [1.54, 1.807) is 0 Å². The van der Waals surface area contributed by atoms with Crippen LogP contribution >= 0.6 is 0 Å². The van der Waals surface area contributed by atoms with Gasteiger partial charge in [0.05, 0.1) is 0 Å². The molecule has 1 atom stereocenters. The van der Waals surface area contributed by atoms with Crippen molar-refractivity contribution in [3.8, 4) is 0 Å². The summed E-state index contributed by atoms with van der Waals surface area (Å²) in [7, 11) is 2.08. The van der Waals surface area contributed by atoms with Gasteiger partial charge in [-0.1, -0.05) is 20.8 Å². The molecule has 1 N–H and O–H groups in total. The molecule has 1 unspecified atom stereocenters. The minimum absolute atomic E-state index is 0.440. The SMILES string of the molecule is CNC(C1CC1)C(C)(C)C. The molecule has 60 valence electrons. The zero-order chi connectivity index (χ0) is 7.78. The minimum atomic E-state index is 0.440. The van der Waals surface area contributed by atoms with Gasteiger partial charge < -0.3 is 5.32 Å². The lowest BCUT2D eigenvalue weighted by Crippen LogP contribution is -2.39. The Labute approximate surface area is 64.2 Å². The van der Waals surface area contributed by atoms with Crippen LogP contribution in [0.25, 0.3) is 0 Å². The average molecular weight is 141 g/mol. The molecule has 0 bridgehead atoms. The molecule has 1 nitrogen and oxygen atoms in total. The van der Waals surface area contributed by atoms with Crippen molar-refractivity contribution in [2.75, 3.05) is 7.05 Å². The highest BCUT2D eigenvalue weighted by Gasteiger charge is 2.37. The largest absolute Gasteiger partial charge is 0.316 e. The summed E-state index contributed by atoms with van der Waals surface area (Å²) in [5, 5.41) is 3.40. The number of rotatable bonds is 2. The fourth-order valence-electron chi connectivity index (χ4n) is 1.81. The van der Waals surface area contributed by atoms with Crippen LogP contribution < -0.4 is 5.32 Å². The number of nitrogens with one attached hydrogen (secondary N) is 1. The van der Waals surface area contributed by atoms with Crippen molar-refractivity contribution in [2.45, 2.75) is 39.7 Å². The predicted molar refractivity (Wildman–Crippen MR) is 45.0 cm³/mol. The van der Waals surface area contributed by atoms with E-state index in [2.05, 4.69) is 33.1 Å². The molecule has 0 heterocycles. The van der Waals surface area contributed by atoms with Gasteiger partial charge in [-0.15, -0.1) is 0 Å². The van der Waals surface area contributed by atoms with Crippen LogP contribution in [0.1, 0.15) is 33.6 Å². The Kier molecular flexibility index (Phi) is 2.04. The van der Waals surface area contributed by atoms with E-state index in [-0.39, 0.29) is 0 Å². The molecular weight excluding hydrogens is 122 g/mol. The molecular formula is C9H19N. The fraction of sp³-hybridized carbons (Fsp3) is 1.00. The van der Waals surface area contributed by atoms with Crippen LogP contribution in [-0.2, 0) is 0 Å². The van der Waals surface area contributed by atoms with E-state index in [0.717, 1.165) is 12.0 Å². The Hall–Kier alpha value is -0.0400. The van der Waals surface area contributed by atoms with Crippen LogP contribution in [0.2, 0.25) is 0 Å². The molecule has 1 saturated carbocycles. The summed E-state index contributed by atoms with van der Waals surface area (Å²) >= 11 is 0. The molecule has 0 aromatic heterocycles. The maximum Gasteiger partial charge on any atom is 0.0141 e. The van der Waals surface area contributed by atoms with Gasteiger partial charge in [-0.2, -0.15) is 0 Å². The van der Waals surface area contributed by atoms with Gasteiger partial charge in [-0.05, 0) is 31.2 Å². The first-order valence-electron chi connectivity index (χ1n) is 4.23. The average Bonchev–Trinajstić information content (AvgIpc) is 2.46. The summed E-state index contributed by atoms with van der Waals surface area (Å²) in [6.45, 7) is 6.94. The molecule has 1 rings (SSSR count).